The first-order chi connectivity index (χ1) is 17.0. The molecule has 2 fully saturated rings. The molecule has 1 aliphatic carbocycles. The molecule has 200 valence electrons. The number of piperidine rings is 1. The number of amides is 1. The fourth-order valence-corrected chi connectivity index (χ4v) is 9.05. The number of ether oxygens (including phenoxy) is 1. The van der Waals surface area contributed by atoms with E-state index in [9.17, 15) is 15.0 Å². The van der Waals surface area contributed by atoms with Crippen molar-refractivity contribution < 1.29 is 19.7 Å². The highest BCUT2D eigenvalue weighted by atomic mass is 32.1. The molecule has 2 aromatic rings. The van der Waals surface area contributed by atoms with Crippen molar-refractivity contribution in [3.05, 3.63) is 29.8 Å². The number of carbonyl (C=O) groups is 1. The fourth-order valence-electron chi connectivity index (χ4n) is 6.08. The summed E-state index contributed by atoms with van der Waals surface area (Å²) in [6, 6.07) is 8.36. The minimum Gasteiger partial charge on any atom is -0.391 e. The van der Waals surface area contributed by atoms with E-state index in [0.29, 0.717) is 39.0 Å². The monoisotopic (exact) mass is 532 g/mol. The third-order valence-electron chi connectivity index (χ3n) is 8.26. The number of carbonyl (C=O) groups excluding carboxylic acids is 1. The fraction of sp³-hybridized carbons (Fsp3) is 0.679. The summed E-state index contributed by atoms with van der Waals surface area (Å²) in [5, 5.41) is 23.8. The Hall–Kier alpha value is -1.29. The van der Waals surface area contributed by atoms with Crippen LogP contribution in [0.5, 0.6) is 0 Å². The smallest absolute Gasteiger partial charge is 0.225 e. The van der Waals surface area contributed by atoms with Crippen molar-refractivity contribution in [3.63, 3.8) is 0 Å². The maximum atomic E-state index is 13.4. The Morgan fingerprint density at radius 3 is 2.72 bits per heavy atom. The van der Waals surface area contributed by atoms with Crippen molar-refractivity contribution in [1.29, 1.82) is 0 Å². The second-order valence-corrected chi connectivity index (χ2v) is 18.5. The van der Waals surface area contributed by atoms with E-state index in [1.165, 1.54) is 14.6 Å². The van der Waals surface area contributed by atoms with Crippen LogP contribution in [-0.4, -0.2) is 68.0 Å². The zero-order valence-electron chi connectivity index (χ0n) is 22.3. The van der Waals surface area contributed by atoms with Gasteiger partial charge in [-0.3, -0.25) is 4.79 Å². The Balaban J connectivity index is 1.65. The second-order valence-electron chi connectivity index (χ2n) is 12.0. The number of unbranched alkanes of at least 4 members (excludes halogenated alkanes) is 1. The number of aliphatic hydroxyl groups is 2. The molecule has 1 aromatic carbocycles. The van der Waals surface area contributed by atoms with Crippen molar-refractivity contribution in [2.24, 2.45) is 17.6 Å². The van der Waals surface area contributed by atoms with Crippen LogP contribution in [-0.2, 0) is 15.1 Å². The van der Waals surface area contributed by atoms with Gasteiger partial charge < -0.3 is 25.6 Å². The number of nitrogens with two attached hydrogens (primary N) is 1. The first kappa shape index (κ1) is 27.7. The summed E-state index contributed by atoms with van der Waals surface area (Å²) in [4.78, 5) is 15.3. The number of fused-ring (bicyclic) bond motifs is 1. The maximum absolute atomic E-state index is 13.4. The molecule has 1 saturated carbocycles. The summed E-state index contributed by atoms with van der Waals surface area (Å²) >= 11 is 1.87. The Kier molecular flexibility index (Phi) is 8.64. The molecule has 0 unspecified atom stereocenters. The van der Waals surface area contributed by atoms with E-state index in [4.69, 9.17) is 10.5 Å². The average molecular weight is 533 g/mol. The minimum atomic E-state index is -1.49. The highest BCUT2D eigenvalue weighted by molar-refractivity contribution is 7.31. The van der Waals surface area contributed by atoms with Gasteiger partial charge in [0.1, 0.15) is 0 Å². The predicted molar refractivity (Wildman–Crippen MR) is 150 cm³/mol. The summed E-state index contributed by atoms with van der Waals surface area (Å²) in [5.74, 6) is -0.176. The van der Waals surface area contributed by atoms with Crippen molar-refractivity contribution in [1.82, 2.24) is 4.90 Å². The van der Waals surface area contributed by atoms with Gasteiger partial charge in [0.05, 0.1) is 19.8 Å². The van der Waals surface area contributed by atoms with Gasteiger partial charge in [-0.25, -0.2) is 0 Å². The SMILES string of the molecule is COCCCC[C@@](O)(c1cccc2sc([Si](C)(C)C)cc12)[C@@H]1CCCN(C(=O)[C@H]2C[C@@H](N)[C@@H](O)C2)C1. The van der Waals surface area contributed by atoms with Crippen LogP contribution in [0.3, 0.4) is 0 Å². The van der Waals surface area contributed by atoms with E-state index in [0.717, 1.165) is 31.2 Å². The number of rotatable bonds is 9. The van der Waals surface area contributed by atoms with Crippen LogP contribution in [0.25, 0.3) is 10.1 Å². The highest BCUT2D eigenvalue weighted by Gasteiger charge is 2.44. The zero-order valence-corrected chi connectivity index (χ0v) is 24.2. The van der Waals surface area contributed by atoms with Crippen molar-refractivity contribution >= 4 is 39.9 Å². The van der Waals surface area contributed by atoms with E-state index in [1.54, 1.807) is 7.11 Å². The van der Waals surface area contributed by atoms with Crippen LogP contribution in [0.2, 0.25) is 19.6 Å². The van der Waals surface area contributed by atoms with Gasteiger partial charge in [0.2, 0.25) is 5.91 Å². The van der Waals surface area contributed by atoms with Gasteiger partial charge in [0.25, 0.3) is 0 Å². The van der Waals surface area contributed by atoms with E-state index < -0.39 is 19.8 Å². The third-order valence-corrected chi connectivity index (χ3v) is 12.9. The van der Waals surface area contributed by atoms with Crippen LogP contribution in [0.15, 0.2) is 24.3 Å². The lowest BCUT2D eigenvalue weighted by Gasteiger charge is -2.43. The molecule has 4 rings (SSSR count). The molecule has 8 heteroatoms. The number of benzene rings is 1. The molecule has 2 aliphatic rings. The van der Waals surface area contributed by atoms with E-state index in [1.807, 2.05) is 16.2 Å². The van der Waals surface area contributed by atoms with Gasteiger partial charge in [-0.1, -0.05) is 31.8 Å². The quantitative estimate of drug-likeness (QED) is 0.337. The van der Waals surface area contributed by atoms with Crippen LogP contribution in [0, 0.1) is 11.8 Å². The van der Waals surface area contributed by atoms with Crippen LogP contribution < -0.4 is 10.2 Å². The Bertz CT molecular complexity index is 1040. The molecule has 36 heavy (non-hydrogen) atoms. The number of nitrogens with zero attached hydrogens (tertiary/aromatic N) is 1. The summed E-state index contributed by atoms with van der Waals surface area (Å²) in [6.45, 7) is 9.03. The van der Waals surface area contributed by atoms with Gasteiger partial charge in [0, 0.05) is 49.4 Å². The predicted octanol–water partition coefficient (Wildman–Crippen LogP) is 3.79. The molecule has 1 amide bonds. The first-order valence-corrected chi connectivity index (χ1v) is 17.8. The first-order valence-electron chi connectivity index (χ1n) is 13.5. The van der Waals surface area contributed by atoms with Crippen LogP contribution in [0.4, 0.5) is 0 Å². The topological polar surface area (TPSA) is 96.0 Å². The van der Waals surface area contributed by atoms with Gasteiger partial charge in [-0.05, 0) is 72.5 Å². The number of likely N-dealkylation sites (tertiary alicyclic amines) is 1. The molecule has 1 aromatic heterocycles. The molecule has 2 heterocycles. The Morgan fingerprint density at radius 1 is 1.28 bits per heavy atom. The third kappa shape index (κ3) is 5.74. The van der Waals surface area contributed by atoms with Crippen molar-refractivity contribution in [2.45, 2.75) is 82.3 Å². The average Bonchev–Trinajstić information content (AvgIpc) is 3.44. The number of thiophene rings is 1. The maximum Gasteiger partial charge on any atom is 0.225 e. The minimum absolute atomic E-state index is 0.0430. The summed E-state index contributed by atoms with van der Waals surface area (Å²) in [7, 11) is 0.225. The number of methoxy groups -OCH3 is 1. The molecular formula is C28H44N2O4SSi. The number of hydrogen-bond acceptors (Lipinski definition) is 6. The molecule has 0 spiro atoms. The van der Waals surface area contributed by atoms with E-state index >= 15 is 0 Å². The number of hydrogen-bond donors (Lipinski definition) is 3. The lowest BCUT2D eigenvalue weighted by atomic mass is 9.73. The molecule has 1 aliphatic heterocycles. The summed E-state index contributed by atoms with van der Waals surface area (Å²) in [5.41, 5.74) is 6.00. The second kappa shape index (κ2) is 11.2. The van der Waals surface area contributed by atoms with Crippen molar-refractivity contribution in [2.75, 3.05) is 26.8 Å². The molecule has 0 bridgehead atoms. The molecule has 5 atom stereocenters. The summed E-state index contributed by atoms with van der Waals surface area (Å²) < 4.78 is 7.96. The molecular weight excluding hydrogens is 488 g/mol. The molecule has 6 nitrogen and oxygen atoms in total. The van der Waals surface area contributed by atoms with E-state index in [2.05, 4.69) is 43.9 Å². The lowest BCUT2D eigenvalue weighted by molar-refractivity contribution is -0.141. The largest absolute Gasteiger partial charge is 0.391 e. The van der Waals surface area contributed by atoms with Crippen LogP contribution >= 0.6 is 11.3 Å². The lowest BCUT2D eigenvalue weighted by Crippen LogP contribution is -2.49. The standard InChI is InChI=1S/C28H44N2O4SSi/c1-34-14-6-5-12-28(33,22-10-7-11-25-21(22)17-26(35-25)36(2,3)4)20-9-8-13-30(18-20)27(32)19-15-23(29)24(31)16-19/h7,10-11,17,19-20,23-24,31,33H,5-6,8-9,12-16,18,29H2,1-4H3/t19-,20+,23+,24-,28-/m0/s1. The molecule has 4 N–H and O–H groups in total. The number of aliphatic hydroxyl groups excluding tert-OH is 1. The van der Waals surface area contributed by atoms with Gasteiger partial charge in [-0.2, -0.15) is 0 Å². The zero-order chi connectivity index (χ0) is 26.1. The van der Waals surface area contributed by atoms with Crippen molar-refractivity contribution in [3.8, 4) is 0 Å². The molecule has 1 saturated heterocycles. The summed E-state index contributed by atoms with van der Waals surface area (Å²) in [6.07, 6.45) is 4.54. The van der Waals surface area contributed by atoms with Crippen LogP contribution in [0.1, 0.15) is 50.5 Å². The Labute approximate surface area is 220 Å². The van der Waals surface area contributed by atoms with Gasteiger partial charge >= 0.3 is 0 Å². The molecule has 0 radical (unpaired) electrons. The van der Waals surface area contributed by atoms with Gasteiger partial charge in [-0.15, -0.1) is 11.3 Å². The van der Waals surface area contributed by atoms with Gasteiger partial charge in [0.15, 0.2) is 0 Å². The Morgan fingerprint density at radius 2 is 2.06 bits per heavy atom. The normalized spacial score (nSPS) is 26.9. The van der Waals surface area contributed by atoms with E-state index in [-0.39, 0.29) is 23.8 Å². The highest BCUT2D eigenvalue weighted by Crippen LogP contribution is 2.43.